The van der Waals surface area contributed by atoms with Gasteiger partial charge in [0.15, 0.2) is 0 Å². The lowest BCUT2D eigenvalue weighted by molar-refractivity contribution is -0.328. The molecule has 1 atom stereocenters. The van der Waals surface area contributed by atoms with Crippen LogP contribution in [0.3, 0.4) is 0 Å². The summed E-state index contributed by atoms with van der Waals surface area (Å²) in [5.41, 5.74) is 1.13. The number of nitrogens with one attached hydrogen (secondary N) is 1. The molecule has 146 valence electrons. The highest BCUT2D eigenvalue weighted by atomic mass is 19.4. The number of hydrogen-bond donors (Lipinski definition) is 1. The van der Waals surface area contributed by atoms with Gasteiger partial charge in [-0.25, -0.2) is 0 Å². The predicted octanol–water partition coefficient (Wildman–Crippen LogP) is 4.53. The molecule has 1 amide bonds. The van der Waals surface area contributed by atoms with Gasteiger partial charge in [-0.2, -0.15) is 26.3 Å². The van der Waals surface area contributed by atoms with E-state index in [0.717, 1.165) is 29.8 Å². The first kappa shape index (κ1) is 20.6. The van der Waals surface area contributed by atoms with E-state index < -0.39 is 30.1 Å². The van der Waals surface area contributed by atoms with Gasteiger partial charge >= 0.3 is 18.5 Å². The summed E-state index contributed by atoms with van der Waals surface area (Å²) in [6.45, 7) is 0.339. The van der Waals surface area contributed by atoms with E-state index in [-0.39, 0.29) is 5.56 Å². The van der Waals surface area contributed by atoms with Gasteiger partial charge in [-0.15, -0.1) is 0 Å². The number of alkyl halides is 6. The summed E-state index contributed by atoms with van der Waals surface area (Å²) in [6, 6.07) is 13.5. The zero-order chi connectivity index (χ0) is 20.1. The van der Waals surface area contributed by atoms with Crippen LogP contribution >= 0.6 is 0 Å². The van der Waals surface area contributed by atoms with Crippen molar-refractivity contribution in [2.75, 3.05) is 6.54 Å². The zero-order valence-corrected chi connectivity index (χ0v) is 13.8. The lowest BCUT2D eigenvalue weighted by atomic mass is 10.1. The van der Waals surface area contributed by atoms with Crippen LogP contribution in [-0.4, -0.2) is 30.9 Å². The van der Waals surface area contributed by atoms with Crippen molar-refractivity contribution < 1.29 is 35.9 Å². The van der Waals surface area contributed by atoms with E-state index in [9.17, 15) is 31.1 Å². The quantitative estimate of drug-likeness (QED) is 0.705. The molecule has 2 aromatic rings. The van der Waals surface area contributed by atoms with Crippen LogP contribution < -0.4 is 10.1 Å². The number of halogens is 6. The summed E-state index contributed by atoms with van der Waals surface area (Å²) in [5, 5.41) is 2.63. The number of ether oxygens (including phenoxy) is 1. The van der Waals surface area contributed by atoms with E-state index >= 15 is 0 Å². The van der Waals surface area contributed by atoms with Gasteiger partial charge in [-0.1, -0.05) is 30.3 Å². The minimum atomic E-state index is -6.08. The number of carbonyl (C=O) groups is 1. The first-order chi connectivity index (χ1) is 12.6. The number of carbonyl (C=O) groups excluding carboxylic acids is 1. The maximum atomic E-state index is 13.2. The van der Waals surface area contributed by atoms with Gasteiger partial charge in [0, 0.05) is 12.1 Å². The third kappa shape index (κ3) is 5.38. The smallest absolute Gasteiger partial charge is 0.454 e. The third-order valence-corrected chi connectivity index (χ3v) is 3.56. The topological polar surface area (TPSA) is 38.3 Å². The fourth-order valence-corrected chi connectivity index (χ4v) is 2.07. The second-order valence-electron chi connectivity index (χ2n) is 5.57. The molecule has 9 heteroatoms. The molecule has 0 fully saturated rings. The average molecular weight is 391 g/mol. The van der Waals surface area contributed by atoms with Gasteiger partial charge in [0.1, 0.15) is 5.75 Å². The highest BCUT2D eigenvalue weighted by Crippen LogP contribution is 2.40. The van der Waals surface area contributed by atoms with Crippen molar-refractivity contribution in [3.8, 4) is 5.75 Å². The highest BCUT2D eigenvalue weighted by molar-refractivity contribution is 5.94. The van der Waals surface area contributed by atoms with E-state index in [1.165, 1.54) is 0 Å². The summed E-state index contributed by atoms with van der Waals surface area (Å²) in [6.07, 6.45) is -9.39. The third-order valence-electron chi connectivity index (χ3n) is 3.56. The molecular formula is C18H15F6NO2. The Kier molecular flexibility index (Phi) is 6.35. The van der Waals surface area contributed by atoms with Crippen LogP contribution in [0.5, 0.6) is 5.75 Å². The summed E-state index contributed by atoms with van der Waals surface area (Å²) in [7, 11) is 0. The fraction of sp³-hybridized carbons (Fsp3) is 0.278. The first-order valence-electron chi connectivity index (χ1n) is 7.78. The van der Waals surface area contributed by atoms with Crippen LogP contribution in [0.25, 0.3) is 0 Å². The molecule has 0 unspecified atom stereocenters. The lowest BCUT2D eigenvalue weighted by Crippen LogP contribution is -2.47. The van der Waals surface area contributed by atoms with Gasteiger partial charge in [0.25, 0.3) is 5.91 Å². The summed E-state index contributed by atoms with van der Waals surface area (Å²) >= 11 is 0. The van der Waals surface area contributed by atoms with Crippen molar-refractivity contribution >= 4 is 5.91 Å². The zero-order valence-electron chi connectivity index (χ0n) is 13.8. The molecule has 0 spiro atoms. The van der Waals surface area contributed by atoms with Crippen LogP contribution in [0.2, 0.25) is 0 Å². The van der Waals surface area contributed by atoms with Gasteiger partial charge in [-0.05, 0) is 36.2 Å². The average Bonchev–Trinajstić information content (AvgIpc) is 2.62. The molecule has 0 aliphatic carbocycles. The van der Waals surface area contributed by atoms with E-state index in [4.69, 9.17) is 0 Å². The molecule has 0 aromatic heterocycles. The normalized spacial score (nSPS) is 13.1. The molecule has 0 aliphatic heterocycles. The number of amides is 1. The number of rotatable bonds is 7. The monoisotopic (exact) mass is 391 g/mol. The van der Waals surface area contributed by atoms with Crippen LogP contribution in [0.4, 0.5) is 26.3 Å². The van der Waals surface area contributed by atoms with Gasteiger partial charge in [0.05, 0.1) is 0 Å². The van der Waals surface area contributed by atoms with E-state index in [2.05, 4.69) is 10.1 Å². The molecule has 0 heterocycles. The molecule has 2 aromatic carbocycles. The number of benzene rings is 2. The largest absolute Gasteiger partial charge is 0.460 e. The summed E-state index contributed by atoms with van der Waals surface area (Å²) in [4.78, 5) is 12.0. The van der Waals surface area contributed by atoms with E-state index in [0.29, 0.717) is 13.0 Å². The van der Waals surface area contributed by atoms with Crippen LogP contribution in [0.15, 0.2) is 54.6 Å². The van der Waals surface area contributed by atoms with Gasteiger partial charge in [-0.3, -0.25) is 4.79 Å². The van der Waals surface area contributed by atoms with E-state index in [1.54, 1.807) is 0 Å². The maximum Gasteiger partial charge on any atom is 0.460 e. The molecule has 0 radical (unpaired) electrons. The molecular weight excluding hydrogens is 376 g/mol. The Morgan fingerprint density at radius 2 is 1.56 bits per heavy atom. The van der Waals surface area contributed by atoms with Crippen LogP contribution in [0, 0.1) is 0 Å². The molecule has 1 N–H and O–H groups in total. The minimum Gasteiger partial charge on any atom is -0.454 e. The van der Waals surface area contributed by atoms with E-state index in [1.807, 2.05) is 30.3 Å². The Bertz CT molecular complexity index is 747. The van der Waals surface area contributed by atoms with Gasteiger partial charge in [0.2, 0.25) is 0 Å². The SMILES string of the molecule is O=C(NCCc1ccccc1)c1ccc(O[C@@H](F)C(F)(F)C(F)(F)F)cc1. The number of hydrogen-bond acceptors (Lipinski definition) is 2. The first-order valence-corrected chi connectivity index (χ1v) is 7.78. The van der Waals surface area contributed by atoms with Crippen molar-refractivity contribution in [2.45, 2.75) is 24.9 Å². The fourth-order valence-electron chi connectivity index (χ4n) is 2.07. The predicted molar refractivity (Wildman–Crippen MR) is 85.4 cm³/mol. The Labute approximate surface area is 150 Å². The Morgan fingerprint density at radius 3 is 2.11 bits per heavy atom. The molecule has 0 aliphatic rings. The van der Waals surface area contributed by atoms with Crippen molar-refractivity contribution in [3.63, 3.8) is 0 Å². The Balaban J connectivity index is 1.89. The Hall–Kier alpha value is -2.71. The molecule has 0 bridgehead atoms. The van der Waals surface area contributed by atoms with Gasteiger partial charge < -0.3 is 10.1 Å². The minimum absolute atomic E-state index is 0.119. The lowest BCUT2D eigenvalue weighted by Gasteiger charge is -2.23. The van der Waals surface area contributed by atoms with Crippen LogP contribution in [0.1, 0.15) is 15.9 Å². The molecule has 3 nitrogen and oxygen atoms in total. The molecule has 0 saturated carbocycles. The summed E-state index contributed by atoms with van der Waals surface area (Å²) < 4.78 is 79.0. The van der Waals surface area contributed by atoms with Crippen molar-refractivity contribution in [1.82, 2.24) is 5.32 Å². The molecule has 27 heavy (non-hydrogen) atoms. The van der Waals surface area contributed by atoms with Crippen LogP contribution in [-0.2, 0) is 6.42 Å². The second kappa shape index (κ2) is 8.32. The maximum absolute atomic E-state index is 13.2. The molecule has 0 saturated heterocycles. The summed E-state index contributed by atoms with van der Waals surface area (Å²) in [5.74, 6) is -6.69. The highest BCUT2D eigenvalue weighted by Gasteiger charge is 2.65. The standard InChI is InChI=1S/C18H15F6NO2/c19-16(17(20,21)18(22,23)24)27-14-8-6-13(7-9-14)15(26)25-11-10-12-4-2-1-3-5-12/h1-9,16H,10-11H2,(H,25,26)/t16-/m1/s1. The van der Waals surface area contributed by atoms with Crippen molar-refractivity contribution in [2.24, 2.45) is 0 Å². The molecule has 2 rings (SSSR count). The Morgan fingerprint density at radius 1 is 0.963 bits per heavy atom. The van der Waals surface area contributed by atoms with Crippen molar-refractivity contribution in [1.29, 1.82) is 0 Å². The van der Waals surface area contributed by atoms with Crippen molar-refractivity contribution in [3.05, 3.63) is 65.7 Å². The second-order valence-corrected chi connectivity index (χ2v) is 5.57.